The van der Waals surface area contributed by atoms with Crippen LogP contribution in [0.5, 0.6) is 0 Å². The molecular weight excluding hydrogens is 345 g/mol. The van der Waals surface area contributed by atoms with Gasteiger partial charge in [-0.05, 0) is 49.7 Å². The second-order valence-corrected chi connectivity index (χ2v) is 6.51. The first-order chi connectivity index (χ1) is 11.4. The van der Waals surface area contributed by atoms with Crippen LogP contribution >= 0.6 is 23.2 Å². The number of nitrogens with zero attached hydrogens (tertiary/aromatic N) is 5. The third kappa shape index (κ3) is 3.52. The molecule has 1 aromatic carbocycles. The summed E-state index contributed by atoms with van der Waals surface area (Å²) in [6.45, 7) is 4.60. The SMILES string of the molecule is Cc1cc(C)n(-c2ccc(N(C)Cc3ccc(Cl)c(Cl)c3)nn2)n1. The minimum atomic E-state index is 0.550. The number of aryl methyl sites for hydroxylation is 2. The number of hydrogen-bond donors (Lipinski definition) is 0. The Morgan fingerprint density at radius 2 is 1.79 bits per heavy atom. The summed E-state index contributed by atoms with van der Waals surface area (Å²) in [7, 11) is 1.95. The molecule has 0 amide bonds. The molecule has 0 atom stereocenters. The van der Waals surface area contributed by atoms with Gasteiger partial charge in [-0.1, -0.05) is 29.3 Å². The molecule has 0 spiro atoms. The molecule has 5 nitrogen and oxygen atoms in total. The Morgan fingerprint density at radius 1 is 1.00 bits per heavy atom. The Morgan fingerprint density at radius 3 is 2.38 bits per heavy atom. The van der Waals surface area contributed by atoms with Gasteiger partial charge in [0, 0.05) is 19.3 Å². The lowest BCUT2D eigenvalue weighted by Crippen LogP contribution is -2.18. The summed E-state index contributed by atoms with van der Waals surface area (Å²) >= 11 is 12.0. The Kier molecular flexibility index (Phi) is 4.73. The van der Waals surface area contributed by atoms with Crippen molar-refractivity contribution < 1.29 is 0 Å². The summed E-state index contributed by atoms with van der Waals surface area (Å²) in [5, 5.41) is 14.1. The predicted octanol–water partition coefficient (Wildman–Crippen LogP) is 4.22. The van der Waals surface area contributed by atoms with Gasteiger partial charge in [-0.25, -0.2) is 4.68 Å². The molecule has 0 saturated heterocycles. The van der Waals surface area contributed by atoms with Crippen LogP contribution in [0.1, 0.15) is 17.0 Å². The van der Waals surface area contributed by atoms with E-state index >= 15 is 0 Å². The Labute approximate surface area is 150 Å². The minimum Gasteiger partial charge on any atom is -0.354 e. The zero-order chi connectivity index (χ0) is 17.3. The van der Waals surface area contributed by atoms with Gasteiger partial charge >= 0.3 is 0 Å². The fourth-order valence-corrected chi connectivity index (χ4v) is 2.81. The van der Waals surface area contributed by atoms with Gasteiger partial charge in [0.2, 0.25) is 0 Å². The maximum atomic E-state index is 6.06. The average molecular weight is 362 g/mol. The maximum absolute atomic E-state index is 6.06. The van der Waals surface area contributed by atoms with Gasteiger partial charge in [0.1, 0.15) is 0 Å². The molecule has 0 unspecified atom stereocenters. The fraction of sp³-hybridized carbons (Fsp3) is 0.235. The van der Waals surface area contributed by atoms with Crippen molar-refractivity contribution in [1.29, 1.82) is 0 Å². The molecule has 7 heteroatoms. The summed E-state index contributed by atoms with van der Waals surface area (Å²) in [4.78, 5) is 2.00. The molecule has 124 valence electrons. The molecule has 0 aliphatic rings. The van der Waals surface area contributed by atoms with Crippen molar-refractivity contribution in [3.63, 3.8) is 0 Å². The number of hydrogen-bond acceptors (Lipinski definition) is 4. The van der Waals surface area contributed by atoms with Crippen molar-refractivity contribution in [3.05, 3.63) is 63.4 Å². The van der Waals surface area contributed by atoms with E-state index in [0.29, 0.717) is 22.4 Å². The first kappa shape index (κ1) is 16.7. The second-order valence-electron chi connectivity index (χ2n) is 5.69. The fourth-order valence-electron chi connectivity index (χ4n) is 2.49. The number of aromatic nitrogens is 4. The molecule has 0 fully saturated rings. The van der Waals surface area contributed by atoms with Crippen LogP contribution < -0.4 is 4.90 Å². The monoisotopic (exact) mass is 361 g/mol. The van der Waals surface area contributed by atoms with E-state index in [1.807, 2.05) is 56.1 Å². The molecule has 0 N–H and O–H groups in total. The molecule has 0 bridgehead atoms. The normalized spacial score (nSPS) is 10.9. The van der Waals surface area contributed by atoms with Crippen molar-refractivity contribution in [1.82, 2.24) is 20.0 Å². The number of benzene rings is 1. The lowest BCUT2D eigenvalue weighted by Gasteiger charge is -2.18. The van der Waals surface area contributed by atoms with Gasteiger partial charge in [0.05, 0.1) is 15.7 Å². The highest BCUT2D eigenvalue weighted by Gasteiger charge is 2.09. The number of anilines is 1. The second kappa shape index (κ2) is 6.79. The third-order valence-corrected chi connectivity index (χ3v) is 4.40. The minimum absolute atomic E-state index is 0.550. The summed E-state index contributed by atoms with van der Waals surface area (Å²) in [6.07, 6.45) is 0. The van der Waals surface area contributed by atoms with Crippen LogP contribution in [0.3, 0.4) is 0 Å². The van der Waals surface area contributed by atoms with Gasteiger partial charge in [0.15, 0.2) is 11.6 Å². The van der Waals surface area contributed by atoms with Crippen LogP contribution in [0, 0.1) is 13.8 Å². The average Bonchev–Trinajstić information content (AvgIpc) is 2.89. The first-order valence-electron chi connectivity index (χ1n) is 7.46. The van der Waals surface area contributed by atoms with E-state index in [1.165, 1.54) is 0 Å². The van der Waals surface area contributed by atoms with Crippen molar-refractivity contribution in [2.45, 2.75) is 20.4 Å². The highest BCUT2D eigenvalue weighted by atomic mass is 35.5. The lowest BCUT2D eigenvalue weighted by molar-refractivity contribution is 0.772. The van der Waals surface area contributed by atoms with E-state index in [-0.39, 0.29) is 0 Å². The van der Waals surface area contributed by atoms with E-state index < -0.39 is 0 Å². The molecule has 0 radical (unpaired) electrons. The lowest BCUT2D eigenvalue weighted by atomic mass is 10.2. The summed E-state index contributed by atoms with van der Waals surface area (Å²) in [6, 6.07) is 11.4. The van der Waals surface area contributed by atoms with E-state index in [4.69, 9.17) is 23.2 Å². The van der Waals surface area contributed by atoms with Crippen molar-refractivity contribution in [2.75, 3.05) is 11.9 Å². The van der Waals surface area contributed by atoms with Gasteiger partial charge in [0.25, 0.3) is 0 Å². The van der Waals surface area contributed by atoms with Gasteiger partial charge < -0.3 is 4.90 Å². The molecule has 0 aliphatic heterocycles. The molecule has 24 heavy (non-hydrogen) atoms. The maximum Gasteiger partial charge on any atom is 0.176 e. The predicted molar refractivity (Wildman–Crippen MR) is 97.2 cm³/mol. The van der Waals surface area contributed by atoms with Crippen LogP contribution in [-0.2, 0) is 6.54 Å². The van der Waals surface area contributed by atoms with Crippen LogP contribution in [0.4, 0.5) is 5.82 Å². The molecule has 2 aromatic heterocycles. The Balaban J connectivity index is 1.77. The van der Waals surface area contributed by atoms with Crippen LogP contribution in [0.15, 0.2) is 36.4 Å². The Hall–Kier alpha value is -2.11. The largest absolute Gasteiger partial charge is 0.354 e. The number of halogens is 2. The topological polar surface area (TPSA) is 46.8 Å². The molecule has 0 aliphatic carbocycles. The van der Waals surface area contributed by atoms with Crippen LogP contribution in [0.2, 0.25) is 10.0 Å². The summed E-state index contributed by atoms with van der Waals surface area (Å²) in [5.41, 5.74) is 3.03. The quantitative estimate of drug-likeness (QED) is 0.697. The first-order valence-corrected chi connectivity index (χ1v) is 8.22. The summed E-state index contributed by atoms with van der Waals surface area (Å²) < 4.78 is 1.78. The van der Waals surface area contributed by atoms with Crippen molar-refractivity contribution in [3.8, 4) is 5.82 Å². The third-order valence-electron chi connectivity index (χ3n) is 3.66. The highest BCUT2D eigenvalue weighted by molar-refractivity contribution is 6.42. The zero-order valence-corrected chi connectivity index (χ0v) is 15.2. The molecule has 0 saturated carbocycles. The van der Waals surface area contributed by atoms with Crippen LogP contribution in [0.25, 0.3) is 5.82 Å². The van der Waals surface area contributed by atoms with Crippen molar-refractivity contribution in [2.24, 2.45) is 0 Å². The Bertz CT molecular complexity index is 858. The van der Waals surface area contributed by atoms with Gasteiger partial charge in [-0.15, -0.1) is 10.2 Å². The van der Waals surface area contributed by atoms with Crippen LogP contribution in [-0.4, -0.2) is 27.0 Å². The zero-order valence-electron chi connectivity index (χ0n) is 13.7. The number of rotatable bonds is 4. The molecule has 2 heterocycles. The smallest absolute Gasteiger partial charge is 0.176 e. The van der Waals surface area contributed by atoms with Gasteiger partial charge in [-0.3, -0.25) is 0 Å². The summed E-state index contributed by atoms with van der Waals surface area (Å²) in [5.74, 6) is 1.47. The molecule has 3 aromatic rings. The molecular formula is C17H17Cl2N5. The standard InChI is InChI=1S/C17H17Cl2N5/c1-11-8-12(2)24(22-11)17-7-6-16(20-21-17)23(3)10-13-4-5-14(18)15(19)9-13/h4-9H,10H2,1-3H3. The van der Waals surface area contributed by atoms with E-state index in [1.54, 1.807) is 10.7 Å². The van der Waals surface area contributed by atoms with Crippen molar-refractivity contribution >= 4 is 29.0 Å². The van der Waals surface area contributed by atoms with E-state index in [2.05, 4.69) is 15.3 Å². The highest BCUT2D eigenvalue weighted by Crippen LogP contribution is 2.24. The van der Waals surface area contributed by atoms with E-state index in [0.717, 1.165) is 22.8 Å². The van der Waals surface area contributed by atoms with Gasteiger partial charge in [-0.2, -0.15) is 5.10 Å². The van der Waals surface area contributed by atoms with E-state index in [9.17, 15) is 0 Å². The molecule has 3 rings (SSSR count).